The van der Waals surface area contributed by atoms with Crippen LogP contribution >= 0.6 is 0 Å². The van der Waals surface area contributed by atoms with Gasteiger partial charge in [0.1, 0.15) is 24.6 Å². The molecule has 0 aliphatic heterocycles. The zero-order valence-corrected chi connectivity index (χ0v) is 9.17. The van der Waals surface area contributed by atoms with E-state index in [0.29, 0.717) is 0 Å². The summed E-state index contributed by atoms with van der Waals surface area (Å²) in [6.07, 6.45) is -3.53. The number of aldehydes is 1. The number of carbonyl (C=O) groups is 1. The molecule has 102 valence electrons. The fraction of sp³-hybridized carbons (Fsp3) is 0.500. The number of nitrogens with two attached hydrogens (primary N) is 1. The predicted octanol–water partition coefficient (Wildman–Crippen LogP) is -3.99. The van der Waals surface area contributed by atoms with Crippen molar-refractivity contribution in [2.24, 2.45) is 0 Å². The minimum absolute atomic E-state index is 0.0869. The summed E-state index contributed by atoms with van der Waals surface area (Å²) in [7, 11) is 0. The second-order valence-corrected chi connectivity index (χ2v) is 3.06. The van der Waals surface area contributed by atoms with E-state index in [1.54, 1.807) is 0 Å². The molecular weight excluding hydrogens is 248 g/mol. The van der Waals surface area contributed by atoms with Crippen LogP contribution in [0.2, 0.25) is 0 Å². The van der Waals surface area contributed by atoms with Crippen LogP contribution in [0.3, 0.4) is 0 Å². The van der Waals surface area contributed by atoms with Crippen molar-refractivity contribution < 1.29 is 25.2 Å². The van der Waals surface area contributed by atoms with Crippen molar-refractivity contribution in [1.82, 2.24) is 15.0 Å². The SMILES string of the molecule is Nc1ncnc(=O)[nH]1.O=CC(O)C(O)C(O)CO. The number of carbonyl (C=O) groups excluding carboxylic acids is 1. The van der Waals surface area contributed by atoms with Gasteiger partial charge in [0.15, 0.2) is 6.29 Å². The molecule has 0 fully saturated rings. The molecule has 0 aromatic carbocycles. The van der Waals surface area contributed by atoms with Gasteiger partial charge in [0.25, 0.3) is 0 Å². The number of aromatic nitrogens is 3. The highest BCUT2D eigenvalue weighted by Gasteiger charge is 2.22. The smallest absolute Gasteiger partial charge is 0.349 e. The third-order valence-electron chi connectivity index (χ3n) is 1.68. The highest BCUT2D eigenvalue weighted by molar-refractivity contribution is 5.56. The van der Waals surface area contributed by atoms with Gasteiger partial charge in [-0.3, -0.25) is 4.98 Å². The molecular formula is C8H14N4O6. The maximum atomic E-state index is 10.2. The lowest BCUT2D eigenvalue weighted by Gasteiger charge is -2.16. The third kappa shape index (κ3) is 6.00. The first kappa shape index (κ1) is 16.1. The molecule has 3 atom stereocenters. The molecule has 0 aliphatic rings. The topological polar surface area (TPSA) is 183 Å². The van der Waals surface area contributed by atoms with Crippen LogP contribution in [0.4, 0.5) is 5.95 Å². The van der Waals surface area contributed by atoms with E-state index in [9.17, 15) is 9.59 Å². The van der Waals surface area contributed by atoms with Gasteiger partial charge >= 0.3 is 5.69 Å². The number of aromatic amines is 1. The number of nitrogen functional groups attached to an aromatic ring is 1. The van der Waals surface area contributed by atoms with Gasteiger partial charge in [0.05, 0.1) is 6.61 Å². The Morgan fingerprint density at radius 3 is 2.33 bits per heavy atom. The molecule has 0 saturated carbocycles. The van der Waals surface area contributed by atoms with E-state index in [1.807, 2.05) is 0 Å². The van der Waals surface area contributed by atoms with Gasteiger partial charge in [-0.2, -0.15) is 4.98 Å². The van der Waals surface area contributed by atoms with Gasteiger partial charge in [0, 0.05) is 0 Å². The summed E-state index contributed by atoms with van der Waals surface area (Å²) in [5.74, 6) is 0.0880. The fourth-order valence-electron chi connectivity index (χ4n) is 0.734. The van der Waals surface area contributed by atoms with E-state index >= 15 is 0 Å². The number of aliphatic hydroxyl groups excluding tert-OH is 4. The van der Waals surface area contributed by atoms with Gasteiger partial charge in [0.2, 0.25) is 5.95 Å². The number of hydrogen-bond acceptors (Lipinski definition) is 9. The molecule has 10 heteroatoms. The zero-order valence-electron chi connectivity index (χ0n) is 9.17. The molecule has 1 rings (SSSR count). The van der Waals surface area contributed by atoms with Crippen LogP contribution in [0.5, 0.6) is 0 Å². The normalized spacial score (nSPS) is 14.9. The molecule has 0 radical (unpaired) electrons. The van der Waals surface area contributed by atoms with Gasteiger partial charge in [-0.1, -0.05) is 0 Å². The molecule has 3 unspecified atom stereocenters. The average Bonchev–Trinajstić information content (AvgIpc) is 2.36. The highest BCUT2D eigenvalue weighted by Crippen LogP contribution is 1.96. The second kappa shape index (κ2) is 8.25. The lowest BCUT2D eigenvalue weighted by atomic mass is 10.1. The van der Waals surface area contributed by atoms with Crippen LogP contribution < -0.4 is 11.4 Å². The first-order chi connectivity index (χ1) is 8.42. The Labute approximate surface area is 101 Å². The summed E-state index contributed by atoms with van der Waals surface area (Å²) in [5, 5.41) is 34.1. The second-order valence-electron chi connectivity index (χ2n) is 3.06. The van der Waals surface area contributed by atoms with Crippen LogP contribution in [0.1, 0.15) is 0 Å². The van der Waals surface area contributed by atoms with E-state index in [0.717, 1.165) is 6.33 Å². The zero-order chi connectivity index (χ0) is 14.1. The van der Waals surface area contributed by atoms with Crippen molar-refractivity contribution in [1.29, 1.82) is 0 Å². The number of aliphatic hydroxyl groups is 4. The molecule has 1 aromatic rings. The van der Waals surface area contributed by atoms with Crippen molar-refractivity contribution in [3.05, 3.63) is 16.8 Å². The lowest BCUT2D eigenvalue weighted by molar-refractivity contribution is -0.127. The molecule has 0 amide bonds. The van der Waals surface area contributed by atoms with Crippen molar-refractivity contribution in [2.45, 2.75) is 18.3 Å². The first-order valence-electron chi connectivity index (χ1n) is 4.69. The number of nitrogens with zero attached hydrogens (tertiary/aromatic N) is 2. The lowest BCUT2D eigenvalue weighted by Crippen LogP contribution is -2.40. The monoisotopic (exact) mass is 262 g/mol. The molecule has 0 bridgehead atoms. The summed E-state index contributed by atoms with van der Waals surface area (Å²) in [5.41, 5.74) is 4.58. The number of hydrogen-bond donors (Lipinski definition) is 6. The van der Waals surface area contributed by atoms with Crippen LogP contribution in [0.15, 0.2) is 11.1 Å². The summed E-state index contributed by atoms with van der Waals surface area (Å²) in [6, 6.07) is 0. The fourth-order valence-corrected chi connectivity index (χ4v) is 0.734. The Hall–Kier alpha value is -1.88. The standard InChI is InChI=1S/C5H10O5.C3H4N4O/c6-1-3(8)5(10)4(9)2-7;4-2-5-1-6-3(8)7-2/h1,3-5,7-10H,2H2;1H,(H3,4,5,6,7,8). The third-order valence-corrected chi connectivity index (χ3v) is 1.68. The molecule has 0 saturated heterocycles. The van der Waals surface area contributed by atoms with Crippen molar-refractivity contribution in [3.8, 4) is 0 Å². The van der Waals surface area contributed by atoms with Crippen molar-refractivity contribution in [3.63, 3.8) is 0 Å². The molecule has 1 aromatic heterocycles. The van der Waals surface area contributed by atoms with Crippen LogP contribution in [0.25, 0.3) is 0 Å². The minimum atomic E-state index is -1.64. The molecule has 7 N–H and O–H groups in total. The van der Waals surface area contributed by atoms with Crippen LogP contribution in [-0.4, -0.2) is 66.6 Å². The van der Waals surface area contributed by atoms with Gasteiger partial charge in [-0.15, -0.1) is 0 Å². The Morgan fingerprint density at radius 1 is 1.39 bits per heavy atom. The molecule has 18 heavy (non-hydrogen) atoms. The van der Waals surface area contributed by atoms with Gasteiger partial charge in [-0.25, -0.2) is 9.78 Å². The van der Waals surface area contributed by atoms with E-state index in [4.69, 9.17) is 26.2 Å². The van der Waals surface area contributed by atoms with E-state index in [-0.39, 0.29) is 12.2 Å². The van der Waals surface area contributed by atoms with Crippen molar-refractivity contribution >= 4 is 12.2 Å². The number of rotatable bonds is 4. The number of anilines is 1. The Bertz CT molecular complexity index is 411. The Morgan fingerprint density at radius 2 is 2.00 bits per heavy atom. The van der Waals surface area contributed by atoms with Crippen LogP contribution in [0, 0.1) is 0 Å². The number of H-pyrrole nitrogens is 1. The maximum absolute atomic E-state index is 10.2. The molecule has 10 nitrogen and oxygen atoms in total. The summed E-state index contributed by atoms with van der Waals surface area (Å²) in [6.45, 7) is -0.688. The highest BCUT2D eigenvalue weighted by atomic mass is 16.4. The van der Waals surface area contributed by atoms with E-state index in [1.165, 1.54) is 0 Å². The first-order valence-corrected chi connectivity index (χ1v) is 4.69. The summed E-state index contributed by atoms with van der Waals surface area (Å²) < 4.78 is 0. The molecule has 0 spiro atoms. The van der Waals surface area contributed by atoms with Crippen molar-refractivity contribution in [2.75, 3.05) is 12.3 Å². The number of nitrogens with one attached hydrogen (secondary N) is 1. The molecule has 1 heterocycles. The quantitative estimate of drug-likeness (QED) is 0.294. The summed E-state index contributed by atoms with van der Waals surface area (Å²) >= 11 is 0. The summed E-state index contributed by atoms with van der Waals surface area (Å²) in [4.78, 5) is 28.8. The van der Waals surface area contributed by atoms with Crippen LogP contribution in [-0.2, 0) is 4.79 Å². The minimum Gasteiger partial charge on any atom is -0.394 e. The van der Waals surface area contributed by atoms with Gasteiger partial charge in [-0.05, 0) is 0 Å². The average molecular weight is 262 g/mol. The van der Waals surface area contributed by atoms with E-state index in [2.05, 4.69) is 15.0 Å². The Kier molecular flexibility index (Phi) is 7.38. The molecule has 0 aliphatic carbocycles. The largest absolute Gasteiger partial charge is 0.394 e. The van der Waals surface area contributed by atoms with E-state index < -0.39 is 30.6 Å². The Balaban J connectivity index is 0.000000327. The van der Waals surface area contributed by atoms with Gasteiger partial charge < -0.3 is 31.0 Å². The predicted molar refractivity (Wildman–Crippen MR) is 58.2 cm³/mol. The maximum Gasteiger partial charge on any atom is 0.349 e.